The Balaban J connectivity index is 1.79. The monoisotopic (exact) mass is 386 g/mol. The molecular weight excluding hydrogens is 356 g/mol. The molecule has 1 atom stereocenters. The quantitative estimate of drug-likeness (QED) is 0.624. The van der Waals surface area contributed by atoms with E-state index in [1.807, 2.05) is 51.1 Å². The molecule has 1 aliphatic rings. The van der Waals surface area contributed by atoms with Gasteiger partial charge in [0.05, 0.1) is 5.92 Å². The summed E-state index contributed by atoms with van der Waals surface area (Å²) in [6, 6.07) is 9.64. The van der Waals surface area contributed by atoms with Crippen molar-refractivity contribution >= 4 is 23.9 Å². The number of hydrogen-bond acceptors (Lipinski definition) is 4. The summed E-state index contributed by atoms with van der Waals surface area (Å²) >= 11 is 0. The molecule has 0 aliphatic carbocycles. The highest BCUT2D eigenvalue weighted by atomic mass is 16.5. The number of benzene rings is 1. The number of rotatable bonds is 5. The number of piperidine rings is 1. The number of ether oxygens (including phenoxy) is 1. The lowest BCUT2D eigenvalue weighted by molar-refractivity contribution is -0.161. The fraction of sp³-hybridized carbons (Fsp3) is 0.500. The Morgan fingerprint density at radius 3 is 2.32 bits per heavy atom. The summed E-state index contributed by atoms with van der Waals surface area (Å²) in [6.45, 7) is 8.20. The highest BCUT2D eigenvalue weighted by molar-refractivity contribution is 5.92. The van der Waals surface area contributed by atoms with Crippen molar-refractivity contribution in [3.8, 4) is 0 Å². The molecule has 0 saturated carbocycles. The maximum atomic E-state index is 12.3. The first-order chi connectivity index (χ1) is 13.2. The van der Waals surface area contributed by atoms with Gasteiger partial charge in [-0.2, -0.15) is 0 Å². The third kappa shape index (κ3) is 6.83. The Kier molecular flexibility index (Phi) is 7.38. The van der Waals surface area contributed by atoms with Crippen molar-refractivity contribution in [3.63, 3.8) is 0 Å². The van der Waals surface area contributed by atoms with Gasteiger partial charge in [-0.05, 0) is 52.2 Å². The largest absolute Gasteiger partial charge is 0.452 e. The van der Waals surface area contributed by atoms with Crippen molar-refractivity contribution in [1.82, 2.24) is 10.2 Å². The van der Waals surface area contributed by atoms with Crippen LogP contribution in [0.4, 0.5) is 0 Å². The lowest BCUT2D eigenvalue weighted by atomic mass is 9.97. The van der Waals surface area contributed by atoms with Crippen molar-refractivity contribution in [2.75, 3.05) is 13.1 Å². The van der Waals surface area contributed by atoms with Crippen LogP contribution in [0, 0.1) is 5.92 Å². The molecule has 28 heavy (non-hydrogen) atoms. The van der Waals surface area contributed by atoms with E-state index < -0.39 is 6.10 Å². The molecule has 1 aromatic carbocycles. The molecule has 2 amide bonds. The van der Waals surface area contributed by atoms with Crippen LogP contribution in [0.1, 0.15) is 46.1 Å². The van der Waals surface area contributed by atoms with Gasteiger partial charge < -0.3 is 15.0 Å². The molecule has 1 heterocycles. The van der Waals surface area contributed by atoms with E-state index >= 15 is 0 Å². The number of hydrogen-bond donors (Lipinski definition) is 1. The van der Waals surface area contributed by atoms with Crippen LogP contribution in [0.5, 0.6) is 0 Å². The minimum Gasteiger partial charge on any atom is -0.452 e. The summed E-state index contributed by atoms with van der Waals surface area (Å²) in [5.74, 6) is -1.02. The van der Waals surface area contributed by atoms with E-state index in [0.717, 1.165) is 5.56 Å². The molecular formula is C22H30N2O4. The Morgan fingerprint density at radius 2 is 1.75 bits per heavy atom. The molecule has 152 valence electrons. The van der Waals surface area contributed by atoms with Crippen molar-refractivity contribution in [3.05, 3.63) is 42.0 Å². The lowest BCUT2D eigenvalue weighted by Gasteiger charge is -2.31. The summed E-state index contributed by atoms with van der Waals surface area (Å²) in [5, 5.41) is 2.80. The fourth-order valence-corrected chi connectivity index (χ4v) is 2.97. The van der Waals surface area contributed by atoms with E-state index in [0.29, 0.717) is 25.9 Å². The first kappa shape index (κ1) is 21.7. The van der Waals surface area contributed by atoms with Crippen molar-refractivity contribution in [2.45, 2.75) is 52.2 Å². The van der Waals surface area contributed by atoms with Gasteiger partial charge in [0, 0.05) is 24.7 Å². The minimum atomic E-state index is -0.833. The van der Waals surface area contributed by atoms with Gasteiger partial charge in [-0.15, -0.1) is 0 Å². The average Bonchev–Trinajstić information content (AvgIpc) is 2.65. The third-order valence-electron chi connectivity index (χ3n) is 4.52. The Hall–Kier alpha value is -2.63. The third-order valence-corrected chi connectivity index (χ3v) is 4.52. The molecule has 2 rings (SSSR count). The van der Waals surface area contributed by atoms with E-state index in [1.54, 1.807) is 24.0 Å². The molecule has 1 aromatic rings. The number of carbonyl (C=O) groups excluding carboxylic acids is 3. The zero-order valence-electron chi connectivity index (χ0n) is 17.1. The topological polar surface area (TPSA) is 75.7 Å². The average molecular weight is 386 g/mol. The second kappa shape index (κ2) is 9.53. The van der Waals surface area contributed by atoms with E-state index in [2.05, 4.69) is 5.32 Å². The number of esters is 1. The van der Waals surface area contributed by atoms with Gasteiger partial charge in [0.25, 0.3) is 5.91 Å². The van der Waals surface area contributed by atoms with Crippen LogP contribution >= 0.6 is 0 Å². The van der Waals surface area contributed by atoms with Crippen LogP contribution in [0.25, 0.3) is 6.08 Å². The van der Waals surface area contributed by atoms with Gasteiger partial charge in [0.15, 0.2) is 6.10 Å². The van der Waals surface area contributed by atoms with Crippen LogP contribution in [-0.2, 0) is 19.1 Å². The van der Waals surface area contributed by atoms with Gasteiger partial charge in [-0.25, -0.2) is 0 Å². The van der Waals surface area contributed by atoms with Crippen molar-refractivity contribution in [2.24, 2.45) is 5.92 Å². The van der Waals surface area contributed by atoms with Crippen LogP contribution in [0.15, 0.2) is 36.4 Å². The zero-order valence-corrected chi connectivity index (χ0v) is 17.1. The van der Waals surface area contributed by atoms with Gasteiger partial charge in [0.2, 0.25) is 5.91 Å². The maximum Gasteiger partial charge on any atom is 0.309 e. The number of nitrogens with one attached hydrogen (secondary N) is 1. The van der Waals surface area contributed by atoms with E-state index in [4.69, 9.17) is 4.74 Å². The standard InChI is InChI=1S/C22H30N2O4/c1-16(20(26)23-22(2,3)4)28-21(27)18-12-14-24(15-13-18)19(25)11-10-17-8-6-5-7-9-17/h5-11,16,18H,12-15H2,1-4H3,(H,23,26)/b11-10+. The second-order valence-electron chi connectivity index (χ2n) is 8.16. The van der Waals surface area contributed by atoms with Gasteiger partial charge in [-0.3, -0.25) is 14.4 Å². The Morgan fingerprint density at radius 1 is 1.14 bits per heavy atom. The fourth-order valence-electron chi connectivity index (χ4n) is 2.97. The van der Waals surface area contributed by atoms with Gasteiger partial charge in [-0.1, -0.05) is 30.3 Å². The summed E-state index contributed by atoms with van der Waals surface area (Å²) in [7, 11) is 0. The molecule has 1 unspecified atom stereocenters. The van der Waals surface area contributed by atoms with Crippen LogP contribution in [0.3, 0.4) is 0 Å². The molecule has 0 bridgehead atoms. The number of likely N-dealkylation sites (tertiary alicyclic amines) is 1. The normalized spacial score (nSPS) is 16.6. The Bertz CT molecular complexity index is 714. The summed E-state index contributed by atoms with van der Waals surface area (Å²) in [5.41, 5.74) is 0.591. The van der Waals surface area contributed by atoms with Crippen molar-refractivity contribution < 1.29 is 19.1 Å². The van der Waals surface area contributed by atoms with E-state index in [1.165, 1.54) is 0 Å². The van der Waals surface area contributed by atoms with Crippen LogP contribution in [0.2, 0.25) is 0 Å². The van der Waals surface area contributed by atoms with Crippen molar-refractivity contribution in [1.29, 1.82) is 0 Å². The molecule has 1 aliphatic heterocycles. The molecule has 1 fully saturated rings. The predicted molar refractivity (Wildman–Crippen MR) is 108 cm³/mol. The molecule has 1 saturated heterocycles. The van der Waals surface area contributed by atoms with Crippen LogP contribution in [-0.4, -0.2) is 47.4 Å². The predicted octanol–water partition coefficient (Wildman–Crippen LogP) is 2.78. The Labute approximate surface area is 166 Å². The highest BCUT2D eigenvalue weighted by Crippen LogP contribution is 2.20. The van der Waals surface area contributed by atoms with Crippen LogP contribution < -0.4 is 5.32 Å². The lowest BCUT2D eigenvalue weighted by Crippen LogP contribution is -2.47. The van der Waals surface area contributed by atoms with Gasteiger partial charge >= 0.3 is 5.97 Å². The molecule has 0 spiro atoms. The summed E-state index contributed by atoms with van der Waals surface area (Å²) < 4.78 is 5.33. The molecule has 1 N–H and O–H groups in total. The maximum absolute atomic E-state index is 12.3. The van der Waals surface area contributed by atoms with E-state index in [-0.39, 0.29) is 29.2 Å². The molecule has 0 radical (unpaired) electrons. The molecule has 6 nitrogen and oxygen atoms in total. The SMILES string of the molecule is CC(OC(=O)C1CCN(C(=O)/C=C/c2ccccc2)CC1)C(=O)NC(C)(C)C. The van der Waals surface area contributed by atoms with E-state index in [9.17, 15) is 14.4 Å². The number of amides is 2. The summed E-state index contributed by atoms with van der Waals surface area (Å²) in [6.07, 6.45) is 3.60. The smallest absolute Gasteiger partial charge is 0.309 e. The summed E-state index contributed by atoms with van der Waals surface area (Å²) in [4.78, 5) is 38.5. The number of carbonyl (C=O) groups is 3. The first-order valence-electron chi connectivity index (χ1n) is 9.70. The second-order valence-corrected chi connectivity index (χ2v) is 8.16. The minimum absolute atomic E-state index is 0.0615. The number of nitrogens with zero attached hydrogens (tertiary/aromatic N) is 1. The van der Waals surface area contributed by atoms with Gasteiger partial charge in [0.1, 0.15) is 0 Å². The molecule has 6 heteroatoms. The first-order valence-corrected chi connectivity index (χ1v) is 9.70. The highest BCUT2D eigenvalue weighted by Gasteiger charge is 2.30. The molecule has 0 aromatic heterocycles. The zero-order chi connectivity index (χ0) is 20.7.